The fourth-order valence-electron chi connectivity index (χ4n) is 2.16. The fraction of sp³-hybridized carbons (Fsp3) is 0.867. The van der Waals surface area contributed by atoms with Crippen LogP contribution in [0.5, 0.6) is 0 Å². The fourth-order valence-corrected chi connectivity index (χ4v) is 2.16. The highest BCUT2D eigenvalue weighted by molar-refractivity contribution is 5.75. The molecular formula is C15H29NO4. The molecule has 0 aromatic carbocycles. The third-order valence-electron chi connectivity index (χ3n) is 3.50. The number of hydrogen-bond acceptors (Lipinski definition) is 3. The van der Waals surface area contributed by atoms with Gasteiger partial charge in [0.1, 0.15) is 0 Å². The molecule has 0 aromatic rings. The Morgan fingerprint density at radius 2 is 1.85 bits per heavy atom. The van der Waals surface area contributed by atoms with E-state index >= 15 is 0 Å². The summed E-state index contributed by atoms with van der Waals surface area (Å²) in [5, 5.41) is 11.7. The number of nitrogens with one attached hydrogen (secondary N) is 1. The molecule has 0 saturated heterocycles. The zero-order valence-corrected chi connectivity index (χ0v) is 13.2. The standard InChI is InChI=1S/C15H29NO4/c1-15(2,3)12(7-8-14(18)19)9-10-16-13(17)6-5-11-20-4/h12H,5-11H2,1-4H3,(H,16,17)(H,18,19). The maximum Gasteiger partial charge on any atom is 0.303 e. The highest BCUT2D eigenvalue weighted by atomic mass is 16.5. The Kier molecular flexibility index (Phi) is 9.21. The minimum absolute atomic E-state index is 0.0351. The van der Waals surface area contributed by atoms with Gasteiger partial charge in [-0.1, -0.05) is 20.8 Å². The van der Waals surface area contributed by atoms with E-state index in [1.54, 1.807) is 7.11 Å². The third-order valence-corrected chi connectivity index (χ3v) is 3.50. The molecule has 1 atom stereocenters. The average molecular weight is 287 g/mol. The molecule has 0 aliphatic heterocycles. The Morgan fingerprint density at radius 3 is 2.35 bits per heavy atom. The Labute approximate surface area is 122 Å². The summed E-state index contributed by atoms with van der Waals surface area (Å²) in [5.74, 6) is -0.436. The van der Waals surface area contributed by atoms with Crippen LogP contribution in [0.3, 0.4) is 0 Å². The Balaban J connectivity index is 4.01. The van der Waals surface area contributed by atoms with E-state index in [4.69, 9.17) is 9.84 Å². The number of aliphatic carboxylic acids is 1. The van der Waals surface area contributed by atoms with E-state index in [0.717, 1.165) is 12.8 Å². The van der Waals surface area contributed by atoms with Crippen molar-refractivity contribution in [2.45, 2.75) is 52.9 Å². The van der Waals surface area contributed by atoms with Crippen LogP contribution in [0.1, 0.15) is 52.9 Å². The molecule has 0 aromatic heterocycles. The van der Waals surface area contributed by atoms with Crippen molar-refractivity contribution >= 4 is 11.9 Å². The molecule has 20 heavy (non-hydrogen) atoms. The number of carbonyl (C=O) groups excluding carboxylic acids is 1. The van der Waals surface area contributed by atoms with E-state index in [1.807, 2.05) is 0 Å². The number of carboxylic acid groups (broad SMARTS) is 1. The first-order valence-electron chi connectivity index (χ1n) is 7.24. The lowest BCUT2D eigenvalue weighted by molar-refractivity contribution is -0.137. The van der Waals surface area contributed by atoms with Gasteiger partial charge in [0.15, 0.2) is 0 Å². The first-order valence-corrected chi connectivity index (χ1v) is 7.24. The predicted molar refractivity (Wildman–Crippen MR) is 78.6 cm³/mol. The van der Waals surface area contributed by atoms with E-state index in [0.29, 0.717) is 26.0 Å². The first kappa shape index (κ1) is 18.9. The molecule has 0 saturated carbocycles. The molecular weight excluding hydrogens is 258 g/mol. The Hall–Kier alpha value is -1.10. The highest BCUT2D eigenvalue weighted by Crippen LogP contribution is 2.32. The second-order valence-corrected chi connectivity index (χ2v) is 6.23. The van der Waals surface area contributed by atoms with E-state index < -0.39 is 5.97 Å². The molecule has 0 bridgehead atoms. The van der Waals surface area contributed by atoms with Crippen molar-refractivity contribution < 1.29 is 19.4 Å². The monoisotopic (exact) mass is 287 g/mol. The van der Waals surface area contributed by atoms with Crippen molar-refractivity contribution in [3.8, 4) is 0 Å². The summed E-state index contributed by atoms with van der Waals surface area (Å²) in [6.45, 7) is 7.53. The van der Waals surface area contributed by atoms with E-state index in [1.165, 1.54) is 0 Å². The molecule has 0 aliphatic rings. The van der Waals surface area contributed by atoms with Crippen molar-refractivity contribution in [3.63, 3.8) is 0 Å². The molecule has 5 heteroatoms. The second-order valence-electron chi connectivity index (χ2n) is 6.23. The largest absolute Gasteiger partial charge is 0.481 e. The molecule has 0 heterocycles. The average Bonchev–Trinajstić information content (AvgIpc) is 2.31. The summed E-state index contributed by atoms with van der Waals surface area (Å²) in [4.78, 5) is 22.2. The lowest BCUT2D eigenvalue weighted by Crippen LogP contribution is -2.30. The first-order chi connectivity index (χ1) is 9.27. The van der Waals surface area contributed by atoms with Gasteiger partial charge in [0, 0.05) is 33.1 Å². The number of carboxylic acids is 1. The quantitative estimate of drug-likeness (QED) is 0.605. The van der Waals surface area contributed by atoms with Gasteiger partial charge in [0.25, 0.3) is 0 Å². The van der Waals surface area contributed by atoms with Crippen LogP contribution in [0.4, 0.5) is 0 Å². The Morgan fingerprint density at radius 1 is 1.20 bits per heavy atom. The van der Waals surface area contributed by atoms with Crippen molar-refractivity contribution in [2.24, 2.45) is 11.3 Å². The topological polar surface area (TPSA) is 75.6 Å². The maximum absolute atomic E-state index is 11.6. The van der Waals surface area contributed by atoms with Gasteiger partial charge in [0.2, 0.25) is 5.91 Å². The molecule has 2 N–H and O–H groups in total. The Bertz CT molecular complexity index is 297. The van der Waals surface area contributed by atoms with Gasteiger partial charge in [-0.2, -0.15) is 0 Å². The van der Waals surface area contributed by atoms with Crippen LogP contribution in [0, 0.1) is 11.3 Å². The molecule has 1 amide bonds. The number of hydrogen-bond donors (Lipinski definition) is 2. The van der Waals surface area contributed by atoms with Crippen LogP contribution in [0.25, 0.3) is 0 Å². The lowest BCUT2D eigenvalue weighted by Gasteiger charge is -2.30. The van der Waals surface area contributed by atoms with Crippen LogP contribution in [-0.2, 0) is 14.3 Å². The molecule has 0 radical (unpaired) electrons. The van der Waals surface area contributed by atoms with Crippen LogP contribution in [0.2, 0.25) is 0 Å². The van der Waals surface area contributed by atoms with E-state index in [2.05, 4.69) is 26.1 Å². The molecule has 0 fully saturated rings. The van der Waals surface area contributed by atoms with Gasteiger partial charge < -0.3 is 15.2 Å². The SMILES string of the molecule is COCCCC(=O)NCCC(CCC(=O)O)C(C)(C)C. The minimum Gasteiger partial charge on any atom is -0.481 e. The van der Waals surface area contributed by atoms with E-state index in [-0.39, 0.29) is 23.7 Å². The number of ether oxygens (including phenoxy) is 1. The van der Waals surface area contributed by atoms with Crippen LogP contribution < -0.4 is 5.32 Å². The number of methoxy groups -OCH3 is 1. The molecule has 0 rings (SSSR count). The van der Waals surface area contributed by atoms with Gasteiger partial charge >= 0.3 is 5.97 Å². The van der Waals surface area contributed by atoms with Gasteiger partial charge in [-0.3, -0.25) is 9.59 Å². The number of amides is 1. The smallest absolute Gasteiger partial charge is 0.303 e. The van der Waals surface area contributed by atoms with Gasteiger partial charge in [-0.05, 0) is 30.6 Å². The summed E-state index contributed by atoms with van der Waals surface area (Å²) in [7, 11) is 1.62. The molecule has 5 nitrogen and oxygen atoms in total. The van der Waals surface area contributed by atoms with Gasteiger partial charge in [-0.25, -0.2) is 0 Å². The summed E-state index contributed by atoms with van der Waals surface area (Å²) >= 11 is 0. The molecule has 0 aliphatic carbocycles. The summed E-state index contributed by atoms with van der Waals surface area (Å²) < 4.78 is 4.90. The molecule has 1 unspecified atom stereocenters. The summed E-state index contributed by atoms with van der Waals surface area (Å²) in [6, 6.07) is 0. The minimum atomic E-state index is -0.761. The summed E-state index contributed by atoms with van der Waals surface area (Å²) in [6.07, 6.45) is 2.85. The zero-order valence-electron chi connectivity index (χ0n) is 13.2. The van der Waals surface area contributed by atoms with Gasteiger partial charge in [-0.15, -0.1) is 0 Å². The number of rotatable bonds is 10. The van der Waals surface area contributed by atoms with E-state index in [9.17, 15) is 9.59 Å². The second kappa shape index (κ2) is 9.75. The van der Waals surface area contributed by atoms with Crippen molar-refractivity contribution in [1.82, 2.24) is 5.32 Å². The molecule has 0 spiro atoms. The van der Waals surface area contributed by atoms with Crippen molar-refractivity contribution in [3.05, 3.63) is 0 Å². The summed E-state index contributed by atoms with van der Waals surface area (Å²) in [5.41, 5.74) is 0.0518. The van der Waals surface area contributed by atoms with Gasteiger partial charge in [0.05, 0.1) is 0 Å². The maximum atomic E-state index is 11.6. The lowest BCUT2D eigenvalue weighted by atomic mass is 9.76. The zero-order chi connectivity index (χ0) is 15.6. The van der Waals surface area contributed by atoms with Crippen LogP contribution in [0.15, 0.2) is 0 Å². The normalized spacial score (nSPS) is 13.0. The predicted octanol–water partition coefficient (Wildman–Crippen LogP) is 2.45. The highest BCUT2D eigenvalue weighted by Gasteiger charge is 2.24. The van der Waals surface area contributed by atoms with Crippen molar-refractivity contribution in [2.75, 3.05) is 20.3 Å². The van der Waals surface area contributed by atoms with Crippen LogP contribution >= 0.6 is 0 Å². The molecule has 118 valence electrons. The van der Waals surface area contributed by atoms with Crippen molar-refractivity contribution in [1.29, 1.82) is 0 Å². The van der Waals surface area contributed by atoms with Crippen LogP contribution in [-0.4, -0.2) is 37.2 Å². The number of carbonyl (C=O) groups is 2. The third kappa shape index (κ3) is 9.78.